The molecule has 1 aromatic heterocycles. The van der Waals surface area contributed by atoms with Crippen molar-refractivity contribution in [3.8, 4) is 34.2 Å². The van der Waals surface area contributed by atoms with Crippen LogP contribution in [0.4, 0.5) is 0 Å². The fourth-order valence-electron chi connectivity index (χ4n) is 4.54. The number of fused-ring (bicyclic) bond motifs is 6. The second-order valence-corrected chi connectivity index (χ2v) is 8.68. The summed E-state index contributed by atoms with van der Waals surface area (Å²) in [6.07, 6.45) is 0. The summed E-state index contributed by atoms with van der Waals surface area (Å²) in [7, 11) is 0. The second-order valence-electron chi connectivity index (χ2n) is 8.28. The molecule has 0 unspecified atom stereocenters. The van der Waals surface area contributed by atoms with Crippen LogP contribution in [0.3, 0.4) is 0 Å². The third kappa shape index (κ3) is 3.72. The molecule has 1 heterocycles. The maximum atomic E-state index is 8.56. The van der Waals surface area contributed by atoms with Gasteiger partial charge in [0.1, 0.15) is 0 Å². The monoisotopic (exact) mass is 503 g/mol. The largest absolute Gasteiger partial charge is 0.208 e. The Labute approximate surface area is 233 Å². The van der Waals surface area contributed by atoms with Crippen molar-refractivity contribution < 1.29 is 13.7 Å². The van der Waals surface area contributed by atoms with Crippen molar-refractivity contribution in [1.29, 1.82) is 0 Å². The van der Waals surface area contributed by atoms with Crippen molar-refractivity contribution >= 4 is 43.9 Å². The molecule has 0 saturated heterocycles. The Morgan fingerprint density at radius 1 is 0.486 bits per heavy atom. The second kappa shape index (κ2) is 8.81. The molecule has 4 heteroatoms. The Morgan fingerprint density at radius 3 is 1.38 bits per heavy atom. The Bertz CT molecular complexity index is 2360. The lowest BCUT2D eigenvalue weighted by Crippen LogP contribution is -2.00. The maximum absolute atomic E-state index is 8.56. The van der Waals surface area contributed by atoms with Crippen LogP contribution in [0.15, 0.2) is 121 Å². The van der Waals surface area contributed by atoms with Crippen LogP contribution in [0, 0.1) is 0 Å². The predicted octanol–water partition coefficient (Wildman–Crippen LogP) is 8.99. The van der Waals surface area contributed by atoms with E-state index >= 15 is 0 Å². The average molecular weight is 504 g/mol. The number of halogens is 1. The molecule has 0 aliphatic rings. The van der Waals surface area contributed by atoms with E-state index < -0.39 is 60.4 Å². The average Bonchev–Trinajstić information content (AvgIpc) is 3.08. The zero-order chi connectivity index (χ0) is 33.5. The Hall–Kier alpha value is -4.60. The number of nitrogens with zero attached hydrogens (tertiary/aromatic N) is 3. The van der Waals surface area contributed by atoms with Crippen LogP contribution < -0.4 is 0 Å². The normalized spacial score (nSPS) is 15.2. The number of aromatic nitrogens is 3. The SMILES string of the molecule is [2H]c1c([2H])c([2H])c(-c2nc(-c3cc4c5ccccc5c5ccccc5c4cc3Cl)nc(-c3c([2H])c([2H])c([2H])c([2H])c3[2H])n2)c([2H])c1[2H]. The number of benzene rings is 6. The highest BCUT2D eigenvalue weighted by molar-refractivity contribution is 6.36. The molecule has 7 rings (SSSR count). The first kappa shape index (κ1) is 13.6. The van der Waals surface area contributed by atoms with Gasteiger partial charge in [0.2, 0.25) is 0 Å². The van der Waals surface area contributed by atoms with E-state index in [1.54, 1.807) is 12.1 Å². The van der Waals surface area contributed by atoms with E-state index in [2.05, 4.69) is 15.0 Å². The fourth-order valence-corrected chi connectivity index (χ4v) is 4.79. The highest BCUT2D eigenvalue weighted by Crippen LogP contribution is 2.40. The molecule has 6 aromatic carbocycles. The minimum absolute atomic E-state index is 0.0900. The van der Waals surface area contributed by atoms with Gasteiger partial charge >= 0.3 is 0 Å². The minimum Gasteiger partial charge on any atom is -0.208 e. The molecule has 0 fully saturated rings. The quantitative estimate of drug-likeness (QED) is 0.226. The number of hydrogen-bond donors (Lipinski definition) is 0. The molecule has 0 spiro atoms. The van der Waals surface area contributed by atoms with Crippen molar-refractivity contribution in [2.45, 2.75) is 0 Å². The first-order valence-electron chi connectivity index (χ1n) is 16.3. The summed E-state index contributed by atoms with van der Waals surface area (Å²) in [6, 6.07) is 13.3. The summed E-state index contributed by atoms with van der Waals surface area (Å²) in [6.45, 7) is 0. The van der Waals surface area contributed by atoms with Crippen LogP contribution in [-0.2, 0) is 0 Å². The van der Waals surface area contributed by atoms with E-state index in [0.717, 1.165) is 32.3 Å². The van der Waals surface area contributed by atoms with Gasteiger partial charge in [-0.3, -0.25) is 0 Å². The molecule has 0 atom stereocenters. The highest BCUT2D eigenvalue weighted by Gasteiger charge is 2.17. The first-order valence-corrected chi connectivity index (χ1v) is 11.7. The standard InChI is InChI=1S/C33H20ClN3/c34-30-20-28-26-18-10-8-16-24(26)23-15-7-9-17-25(23)27(28)19-29(30)33-36-31(21-11-3-1-4-12-21)35-32(37-33)22-13-5-2-6-14-22/h1-20H/i1D,2D,3D,4D,5D,6D,11D,12D,13D,14D. The van der Waals surface area contributed by atoms with Crippen molar-refractivity contribution in [3.05, 3.63) is 126 Å². The minimum atomic E-state index is -0.616. The summed E-state index contributed by atoms with van der Waals surface area (Å²) in [5.74, 6) is -0.797. The van der Waals surface area contributed by atoms with E-state index in [-0.39, 0.29) is 33.6 Å². The van der Waals surface area contributed by atoms with Gasteiger partial charge in [0.05, 0.1) is 18.7 Å². The molecule has 0 aliphatic carbocycles. The van der Waals surface area contributed by atoms with Crippen molar-refractivity contribution in [1.82, 2.24) is 15.0 Å². The van der Waals surface area contributed by atoms with Crippen molar-refractivity contribution in [2.75, 3.05) is 0 Å². The Morgan fingerprint density at radius 2 is 0.892 bits per heavy atom. The first-order chi connectivity index (χ1) is 22.4. The molecule has 174 valence electrons. The fraction of sp³-hybridized carbons (Fsp3) is 0. The van der Waals surface area contributed by atoms with Crippen LogP contribution in [-0.4, -0.2) is 15.0 Å². The lowest BCUT2D eigenvalue weighted by molar-refractivity contribution is 1.07. The summed E-state index contributed by atoms with van der Waals surface area (Å²) in [4.78, 5) is 13.4. The lowest BCUT2D eigenvalue weighted by atomic mass is 9.93. The van der Waals surface area contributed by atoms with Gasteiger partial charge in [-0.05, 0) is 44.5 Å². The topological polar surface area (TPSA) is 38.7 Å². The highest BCUT2D eigenvalue weighted by atomic mass is 35.5. The summed E-state index contributed by atoms with van der Waals surface area (Å²) >= 11 is 6.94. The molecule has 0 saturated carbocycles. The maximum Gasteiger partial charge on any atom is 0.165 e. The molecular weight excluding hydrogens is 474 g/mol. The molecule has 3 nitrogen and oxygen atoms in total. The van der Waals surface area contributed by atoms with Crippen LogP contribution in [0.2, 0.25) is 5.02 Å². The molecule has 0 bridgehead atoms. The van der Waals surface area contributed by atoms with Gasteiger partial charge in [-0.25, -0.2) is 15.0 Å². The Balaban J connectivity index is 1.61. The van der Waals surface area contributed by atoms with Gasteiger partial charge in [0.15, 0.2) is 17.5 Å². The van der Waals surface area contributed by atoms with Gasteiger partial charge in [-0.15, -0.1) is 0 Å². The van der Waals surface area contributed by atoms with E-state index in [1.165, 1.54) is 0 Å². The third-order valence-electron chi connectivity index (χ3n) is 6.16. The van der Waals surface area contributed by atoms with Gasteiger partial charge in [0.25, 0.3) is 0 Å². The molecule has 7 aromatic rings. The number of hydrogen-bond acceptors (Lipinski definition) is 3. The Kier molecular flexibility index (Phi) is 3.25. The van der Waals surface area contributed by atoms with E-state index in [1.807, 2.05) is 48.5 Å². The summed E-state index contributed by atoms with van der Waals surface area (Å²) in [5.41, 5.74) is -0.396. The van der Waals surface area contributed by atoms with Gasteiger partial charge < -0.3 is 0 Å². The predicted molar refractivity (Wildman–Crippen MR) is 154 cm³/mol. The zero-order valence-corrected chi connectivity index (χ0v) is 19.7. The smallest absolute Gasteiger partial charge is 0.165 e. The van der Waals surface area contributed by atoms with Crippen LogP contribution in [0.5, 0.6) is 0 Å². The van der Waals surface area contributed by atoms with Crippen LogP contribution >= 0.6 is 11.6 Å². The summed E-state index contributed by atoms with van der Waals surface area (Å²) < 4.78 is 83.1. The van der Waals surface area contributed by atoms with Gasteiger partial charge in [0, 0.05) is 16.7 Å². The van der Waals surface area contributed by atoms with Crippen molar-refractivity contribution in [2.24, 2.45) is 0 Å². The van der Waals surface area contributed by atoms with E-state index in [4.69, 9.17) is 25.3 Å². The number of rotatable bonds is 3. The van der Waals surface area contributed by atoms with Crippen molar-refractivity contribution in [3.63, 3.8) is 0 Å². The molecule has 0 radical (unpaired) electrons. The van der Waals surface area contributed by atoms with E-state index in [0.29, 0.717) is 5.56 Å². The zero-order valence-electron chi connectivity index (χ0n) is 29.0. The molecule has 0 N–H and O–H groups in total. The van der Waals surface area contributed by atoms with Crippen LogP contribution in [0.1, 0.15) is 13.7 Å². The van der Waals surface area contributed by atoms with E-state index in [9.17, 15) is 0 Å². The third-order valence-corrected chi connectivity index (χ3v) is 6.47. The van der Waals surface area contributed by atoms with Crippen LogP contribution in [0.25, 0.3) is 66.5 Å². The lowest BCUT2D eigenvalue weighted by Gasteiger charge is -2.14. The molecular formula is C33H20ClN3. The van der Waals surface area contributed by atoms with Gasteiger partial charge in [-0.2, -0.15) is 0 Å². The molecule has 0 amide bonds. The molecule has 37 heavy (non-hydrogen) atoms. The summed E-state index contributed by atoms with van der Waals surface area (Å²) in [5, 5.41) is 5.82. The van der Waals surface area contributed by atoms with Gasteiger partial charge in [-0.1, -0.05) is 121 Å². The molecule has 0 aliphatic heterocycles.